The minimum atomic E-state index is -0.218. The molecule has 5 heteroatoms. The summed E-state index contributed by atoms with van der Waals surface area (Å²) in [7, 11) is 3.89. The summed E-state index contributed by atoms with van der Waals surface area (Å²) in [5, 5.41) is 13.0. The van der Waals surface area contributed by atoms with Crippen molar-refractivity contribution in [2.75, 3.05) is 20.7 Å². The van der Waals surface area contributed by atoms with Gasteiger partial charge in [0.1, 0.15) is 5.71 Å². The number of nitrogens with zero attached hydrogens (tertiary/aromatic N) is 2. The molecule has 1 spiro atoms. The minimum Gasteiger partial charge on any atom is -0.493 e. The Kier molecular flexibility index (Phi) is 2.51. The number of oxime groups is 1. The Morgan fingerprint density at radius 2 is 2.30 bits per heavy atom. The summed E-state index contributed by atoms with van der Waals surface area (Å²) in [4.78, 5) is 2.46. The van der Waals surface area contributed by atoms with Crippen molar-refractivity contribution in [1.82, 2.24) is 4.90 Å². The van der Waals surface area contributed by atoms with Crippen molar-refractivity contribution in [1.29, 1.82) is 0 Å². The van der Waals surface area contributed by atoms with E-state index in [0.717, 1.165) is 30.9 Å². The Morgan fingerprint density at radius 1 is 1.43 bits per heavy atom. The average Bonchev–Trinajstić information content (AvgIpc) is 2.92. The molecule has 5 nitrogen and oxygen atoms in total. The standard InChI is InChI=1S/C18H20N2O3/c1-20-8-7-18-11-4-5-12(19-21)17(18)23-16-14(22-2)6-3-10(15(16)18)9-13(11)20/h3-6,11,13,17,21H,7-9H2,1-2H3/b19-12+. The van der Waals surface area contributed by atoms with E-state index >= 15 is 0 Å². The van der Waals surface area contributed by atoms with Gasteiger partial charge in [-0.3, -0.25) is 0 Å². The van der Waals surface area contributed by atoms with Gasteiger partial charge in [-0.05, 0) is 44.1 Å². The average molecular weight is 312 g/mol. The number of hydrogen-bond donors (Lipinski definition) is 1. The molecule has 2 aliphatic carbocycles. The third-order valence-electron chi connectivity index (χ3n) is 6.34. The first-order valence-corrected chi connectivity index (χ1v) is 8.18. The Bertz CT molecular complexity index is 757. The molecule has 0 radical (unpaired) electrons. The number of piperidine rings is 1. The van der Waals surface area contributed by atoms with Crippen LogP contribution in [0.3, 0.4) is 0 Å². The molecule has 2 heterocycles. The van der Waals surface area contributed by atoms with Crippen LogP contribution in [0.15, 0.2) is 29.4 Å². The van der Waals surface area contributed by atoms with E-state index in [4.69, 9.17) is 9.47 Å². The molecule has 1 aromatic carbocycles. The second kappa shape index (κ2) is 4.29. The third kappa shape index (κ3) is 1.40. The molecule has 0 amide bonds. The highest BCUT2D eigenvalue weighted by Crippen LogP contribution is 2.61. The SMILES string of the molecule is COc1ccc2c3c1OC1/C(=N/O)C=CC4C(C2)N(C)CCC314. The summed E-state index contributed by atoms with van der Waals surface area (Å²) in [6, 6.07) is 4.65. The Morgan fingerprint density at radius 3 is 3.09 bits per heavy atom. The van der Waals surface area contributed by atoms with Gasteiger partial charge in [-0.25, -0.2) is 0 Å². The molecule has 2 aliphatic heterocycles. The van der Waals surface area contributed by atoms with Crippen LogP contribution in [0.4, 0.5) is 0 Å². The van der Waals surface area contributed by atoms with Gasteiger partial charge in [0.15, 0.2) is 17.6 Å². The van der Waals surface area contributed by atoms with Gasteiger partial charge in [0, 0.05) is 17.5 Å². The van der Waals surface area contributed by atoms with Crippen molar-refractivity contribution in [2.24, 2.45) is 11.1 Å². The maximum Gasteiger partial charge on any atom is 0.166 e. The van der Waals surface area contributed by atoms with Gasteiger partial charge >= 0.3 is 0 Å². The van der Waals surface area contributed by atoms with Crippen molar-refractivity contribution >= 4 is 5.71 Å². The van der Waals surface area contributed by atoms with Crippen LogP contribution >= 0.6 is 0 Å². The predicted octanol–water partition coefficient (Wildman–Crippen LogP) is 1.97. The largest absolute Gasteiger partial charge is 0.493 e. The van der Waals surface area contributed by atoms with E-state index in [0.29, 0.717) is 17.7 Å². The first-order valence-electron chi connectivity index (χ1n) is 8.18. The number of methoxy groups -OCH3 is 1. The molecule has 120 valence electrons. The van der Waals surface area contributed by atoms with Gasteiger partial charge in [-0.15, -0.1) is 0 Å². The van der Waals surface area contributed by atoms with Crippen molar-refractivity contribution in [3.8, 4) is 11.5 Å². The number of rotatable bonds is 1. The smallest absolute Gasteiger partial charge is 0.166 e. The molecule has 4 atom stereocenters. The molecule has 1 aromatic rings. The van der Waals surface area contributed by atoms with E-state index in [2.05, 4.69) is 29.2 Å². The quantitative estimate of drug-likeness (QED) is 0.636. The lowest BCUT2D eigenvalue weighted by atomic mass is 9.53. The fourth-order valence-corrected chi connectivity index (χ4v) is 5.33. The molecule has 4 unspecified atom stereocenters. The highest BCUT2D eigenvalue weighted by atomic mass is 16.5. The number of hydrogen-bond acceptors (Lipinski definition) is 5. The zero-order chi connectivity index (χ0) is 15.8. The first kappa shape index (κ1) is 13.4. The first-order chi connectivity index (χ1) is 11.2. The van der Waals surface area contributed by atoms with E-state index in [9.17, 15) is 5.21 Å². The molecule has 5 rings (SSSR count). The number of likely N-dealkylation sites (tertiary alicyclic amines) is 1. The third-order valence-corrected chi connectivity index (χ3v) is 6.34. The number of ether oxygens (including phenoxy) is 2. The highest BCUT2D eigenvalue weighted by Gasteiger charge is 2.64. The summed E-state index contributed by atoms with van der Waals surface area (Å²) in [6.07, 6.45) is 5.98. The summed E-state index contributed by atoms with van der Waals surface area (Å²) < 4.78 is 11.9. The van der Waals surface area contributed by atoms with Crippen LogP contribution in [0.1, 0.15) is 17.5 Å². The monoisotopic (exact) mass is 312 g/mol. The topological polar surface area (TPSA) is 54.3 Å². The van der Waals surface area contributed by atoms with Crippen LogP contribution < -0.4 is 9.47 Å². The van der Waals surface area contributed by atoms with E-state index in [1.165, 1.54) is 11.1 Å². The van der Waals surface area contributed by atoms with Gasteiger partial charge in [0.25, 0.3) is 0 Å². The van der Waals surface area contributed by atoms with Crippen LogP contribution in [0.2, 0.25) is 0 Å². The van der Waals surface area contributed by atoms with Crippen LogP contribution in [0, 0.1) is 5.92 Å². The van der Waals surface area contributed by atoms with E-state index in [1.54, 1.807) is 7.11 Å². The lowest BCUT2D eigenvalue weighted by Gasteiger charge is -2.55. The van der Waals surface area contributed by atoms with Crippen molar-refractivity contribution in [3.63, 3.8) is 0 Å². The summed E-state index contributed by atoms with van der Waals surface area (Å²) in [6.45, 7) is 1.03. The summed E-state index contributed by atoms with van der Waals surface area (Å²) in [5.74, 6) is 2.02. The number of benzene rings is 1. The van der Waals surface area contributed by atoms with Gasteiger partial charge in [-0.2, -0.15) is 0 Å². The van der Waals surface area contributed by atoms with E-state index < -0.39 is 0 Å². The lowest BCUT2D eigenvalue weighted by molar-refractivity contribution is 0.0263. The molecular weight excluding hydrogens is 292 g/mol. The molecule has 23 heavy (non-hydrogen) atoms. The minimum absolute atomic E-state index is 0.120. The fourth-order valence-electron chi connectivity index (χ4n) is 5.33. The maximum absolute atomic E-state index is 9.48. The molecule has 1 saturated heterocycles. The Hall–Kier alpha value is -2.01. The molecule has 0 aromatic heterocycles. The van der Waals surface area contributed by atoms with Gasteiger partial charge in [0.2, 0.25) is 0 Å². The Balaban J connectivity index is 1.83. The molecule has 0 saturated carbocycles. The normalized spacial score (nSPS) is 38.3. The number of likely N-dealkylation sites (N-methyl/N-ethyl adjacent to an activating group) is 1. The lowest BCUT2D eigenvalue weighted by Crippen LogP contribution is -2.64. The van der Waals surface area contributed by atoms with E-state index in [1.807, 2.05) is 12.1 Å². The second-order valence-electron chi connectivity index (χ2n) is 7.08. The predicted molar refractivity (Wildman–Crippen MR) is 85.7 cm³/mol. The van der Waals surface area contributed by atoms with Gasteiger partial charge in [0.05, 0.1) is 12.5 Å². The molecular formula is C18H20N2O3. The summed E-state index contributed by atoms with van der Waals surface area (Å²) >= 11 is 0. The van der Waals surface area contributed by atoms with Crippen LogP contribution in [-0.2, 0) is 11.8 Å². The molecule has 4 aliphatic rings. The molecule has 2 bridgehead atoms. The van der Waals surface area contributed by atoms with Crippen molar-refractivity contribution in [2.45, 2.75) is 30.4 Å². The second-order valence-corrected chi connectivity index (χ2v) is 7.08. The molecule has 1 N–H and O–H groups in total. The zero-order valence-electron chi connectivity index (χ0n) is 13.3. The molecule has 1 fully saturated rings. The maximum atomic E-state index is 9.48. The van der Waals surface area contributed by atoms with Gasteiger partial charge < -0.3 is 19.6 Å². The fraction of sp³-hybridized carbons (Fsp3) is 0.500. The van der Waals surface area contributed by atoms with Crippen LogP contribution in [-0.4, -0.2) is 48.7 Å². The Labute approximate surface area is 135 Å². The van der Waals surface area contributed by atoms with Crippen LogP contribution in [0.5, 0.6) is 11.5 Å². The highest BCUT2D eigenvalue weighted by molar-refractivity contribution is 6.02. The van der Waals surface area contributed by atoms with E-state index in [-0.39, 0.29) is 11.5 Å². The van der Waals surface area contributed by atoms with Crippen LogP contribution in [0.25, 0.3) is 0 Å². The van der Waals surface area contributed by atoms with Crippen molar-refractivity contribution < 1.29 is 14.7 Å². The zero-order valence-corrected chi connectivity index (χ0v) is 13.3. The van der Waals surface area contributed by atoms with Crippen molar-refractivity contribution in [3.05, 3.63) is 35.4 Å². The summed E-state index contributed by atoms with van der Waals surface area (Å²) in [5.41, 5.74) is 3.14. The van der Waals surface area contributed by atoms with Gasteiger partial charge in [-0.1, -0.05) is 17.3 Å².